The van der Waals surface area contributed by atoms with Crippen LogP contribution in [0, 0.1) is 5.92 Å². The van der Waals surface area contributed by atoms with Gasteiger partial charge in [-0.15, -0.1) is 0 Å². The Morgan fingerprint density at radius 1 is 1.02 bits per heavy atom. The van der Waals surface area contributed by atoms with E-state index in [1.165, 1.54) is 11.6 Å². The van der Waals surface area contributed by atoms with Gasteiger partial charge in [0.25, 0.3) is 5.91 Å². The van der Waals surface area contributed by atoms with E-state index in [2.05, 4.69) is 27.7 Å². The highest BCUT2D eigenvalue weighted by molar-refractivity contribution is 6.02. The lowest BCUT2D eigenvalue weighted by atomic mass is 10.0. The maximum absolute atomic E-state index is 14.3. The van der Waals surface area contributed by atoms with E-state index in [0.717, 1.165) is 50.1 Å². The molecule has 1 aliphatic heterocycles. The van der Waals surface area contributed by atoms with Crippen molar-refractivity contribution < 1.29 is 37.3 Å². The van der Waals surface area contributed by atoms with Gasteiger partial charge in [-0.2, -0.15) is 13.2 Å². The lowest BCUT2D eigenvalue weighted by Gasteiger charge is -2.36. The minimum Gasteiger partial charge on any atom is -0.490 e. The first-order valence-corrected chi connectivity index (χ1v) is 16.7. The molecule has 4 atom stereocenters. The van der Waals surface area contributed by atoms with Crippen LogP contribution in [0.15, 0.2) is 72.8 Å². The molecule has 3 N–H and O–H groups in total. The van der Waals surface area contributed by atoms with Gasteiger partial charge < -0.3 is 30.1 Å². The molecule has 4 rings (SSSR count). The molecule has 9 nitrogen and oxygen atoms in total. The molecule has 0 bridgehead atoms. The van der Waals surface area contributed by atoms with Crippen LogP contribution in [0.25, 0.3) is 0 Å². The number of rotatable bonds is 8. The average molecular weight is 685 g/mol. The van der Waals surface area contributed by atoms with Gasteiger partial charge in [0.2, 0.25) is 0 Å². The molecule has 0 aliphatic carbocycles. The van der Waals surface area contributed by atoms with Crippen molar-refractivity contribution in [3.8, 4) is 5.75 Å². The van der Waals surface area contributed by atoms with E-state index in [1.54, 1.807) is 24.0 Å². The minimum absolute atomic E-state index is 0.0989. The molecule has 0 spiro atoms. The van der Waals surface area contributed by atoms with Gasteiger partial charge in [0.1, 0.15) is 5.75 Å². The minimum atomic E-state index is -4.49. The Bertz CT molecular complexity index is 1510. The molecular formula is C37H47F3N4O5. The van der Waals surface area contributed by atoms with E-state index in [4.69, 9.17) is 9.47 Å². The molecule has 0 saturated heterocycles. The van der Waals surface area contributed by atoms with Crippen molar-refractivity contribution in [3.63, 3.8) is 0 Å². The van der Waals surface area contributed by atoms with Gasteiger partial charge in [0.05, 0.1) is 36.0 Å². The number of hydrogen-bond acceptors (Lipinski definition) is 6. The largest absolute Gasteiger partial charge is 0.490 e. The zero-order valence-corrected chi connectivity index (χ0v) is 28.5. The van der Waals surface area contributed by atoms with Crippen LogP contribution in [0.3, 0.4) is 0 Å². The molecule has 0 radical (unpaired) electrons. The number of fused-ring (bicyclic) bond motifs is 1. The van der Waals surface area contributed by atoms with E-state index in [9.17, 15) is 27.9 Å². The molecule has 3 aromatic carbocycles. The van der Waals surface area contributed by atoms with E-state index >= 15 is 0 Å². The number of likely N-dealkylation sites (N-methyl/N-ethyl adjacent to an activating group) is 1. The summed E-state index contributed by atoms with van der Waals surface area (Å²) in [5, 5.41) is 15.4. The molecule has 0 saturated carbocycles. The molecule has 0 aromatic heterocycles. The number of anilines is 2. The highest BCUT2D eigenvalue weighted by Gasteiger charge is 2.31. The second kappa shape index (κ2) is 17.5. The van der Waals surface area contributed by atoms with Gasteiger partial charge in [-0.1, -0.05) is 37.3 Å². The number of aliphatic hydroxyl groups excluding tert-OH is 1. The molecule has 0 unspecified atom stereocenters. The molecule has 1 heterocycles. The zero-order chi connectivity index (χ0) is 35.6. The molecule has 3 aromatic rings. The van der Waals surface area contributed by atoms with Crippen molar-refractivity contribution in [1.29, 1.82) is 0 Å². The molecule has 266 valence electrons. The number of aliphatic hydroxyl groups is 1. The third-order valence-electron chi connectivity index (χ3n) is 8.57. The highest BCUT2D eigenvalue weighted by atomic mass is 19.4. The molecule has 49 heavy (non-hydrogen) atoms. The van der Waals surface area contributed by atoms with Gasteiger partial charge in [0.15, 0.2) is 0 Å². The third-order valence-corrected chi connectivity index (χ3v) is 8.57. The van der Waals surface area contributed by atoms with Crippen molar-refractivity contribution in [2.45, 2.75) is 71.0 Å². The van der Waals surface area contributed by atoms with Crippen molar-refractivity contribution in [2.24, 2.45) is 5.92 Å². The van der Waals surface area contributed by atoms with Crippen LogP contribution < -0.4 is 15.4 Å². The first kappa shape index (κ1) is 37.7. The standard InChI is InChI=1S/C37H47F3N4O5/c1-25-21-44(26(2)24-45)35(46)32-20-31(42-36(47)41-30-15-13-29(14-16-30)37(38,39)40)17-18-33(32)49-27(3)10-8-9-19-48-34(25)23-43(4)22-28-11-6-5-7-12-28/h5-7,11-18,20,25-27,34,45H,8-10,19,21-24H2,1-4H3,(H2,41,42,47)/t25-,26-,27-,34-/m0/s1. The Hall–Kier alpha value is -4.13. The monoisotopic (exact) mass is 684 g/mol. The Morgan fingerprint density at radius 3 is 2.37 bits per heavy atom. The lowest BCUT2D eigenvalue weighted by molar-refractivity contribution is -0.137. The molecule has 1 aliphatic rings. The van der Waals surface area contributed by atoms with Gasteiger partial charge in [0, 0.05) is 43.5 Å². The smallest absolute Gasteiger partial charge is 0.416 e. The number of benzene rings is 3. The van der Waals surface area contributed by atoms with Crippen LogP contribution in [-0.4, -0.2) is 78.4 Å². The second-order valence-electron chi connectivity index (χ2n) is 12.8. The van der Waals surface area contributed by atoms with Crippen LogP contribution in [0.5, 0.6) is 5.75 Å². The summed E-state index contributed by atoms with van der Waals surface area (Å²) in [6.07, 6.45) is -2.45. The topological polar surface area (TPSA) is 103 Å². The predicted octanol–water partition coefficient (Wildman–Crippen LogP) is 7.28. The number of alkyl halides is 3. The van der Waals surface area contributed by atoms with Crippen LogP contribution in [-0.2, 0) is 17.5 Å². The number of nitrogens with zero attached hydrogens (tertiary/aromatic N) is 2. The first-order valence-electron chi connectivity index (χ1n) is 16.7. The van der Waals surface area contributed by atoms with Crippen LogP contribution in [0.1, 0.15) is 61.5 Å². The predicted molar refractivity (Wildman–Crippen MR) is 184 cm³/mol. The fraction of sp³-hybridized carbons (Fsp3) is 0.459. The van der Waals surface area contributed by atoms with E-state index in [-0.39, 0.29) is 47.6 Å². The van der Waals surface area contributed by atoms with Crippen molar-refractivity contribution >= 4 is 23.3 Å². The first-order chi connectivity index (χ1) is 23.3. The second-order valence-corrected chi connectivity index (χ2v) is 12.8. The summed E-state index contributed by atoms with van der Waals surface area (Å²) in [5.41, 5.74) is 1.02. The van der Waals surface area contributed by atoms with Gasteiger partial charge in [-0.05, 0) is 88.2 Å². The van der Waals surface area contributed by atoms with E-state index < -0.39 is 23.8 Å². The summed E-state index contributed by atoms with van der Waals surface area (Å²) in [5.74, 6) is -0.129. The van der Waals surface area contributed by atoms with Crippen molar-refractivity contribution in [2.75, 3.05) is 44.0 Å². The summed E-state index contributed by atoms with van der Waals surface area (Å²) < 4.78 is 51.5. The SMILES string of the molecule is C[C@H]1CCCCO[C@@H](CN(C)Cc2ccccc2)[C@@H](C)CN([C@@H](C)CO)C(=O)c2cc(NC(=O)Nc3ccc(C(F)(F)F)cc3)ccc2O1. The van der Waals surface area contributed by atoms with E-state index in [1.807, 2.05) is 39.1 Å². The van der Waals surface area contributed by atoms with Crippen LogP contribution >= 0.6 is 0 Å². The Kier molecular flexibility index (Phi) is 13.5. The normalized spacial score (nSPS) is 20.1. The molecule has 12 heteroatoms. The number of nitrogens with one attached hydrogen (secondary N) is 2. The Labute approximate surface area is 286 Å². The summed E-state index contributed by atoms with van der Waals surface area (Å²) in [7, 11) is 2.05. The van der Waals surface area contributed by atoms with Gasteiger partial charge in [-0.3, -0.25) is 9.69 Å². The van der Waals surface area contributed by atoms with Gasteiger partial charge >= 0.3 is 12.2 Å². The quantitative estimate of drug-likeness (QED) is 0.231. The molecule has 0 fully saturated rings. The summed E-state index contributed by atoms with van der Waals surface area (Å²) >= 11 is 0. The Morgan fingerprint density at radius 2 is 1.69 bits per heavy atom. The number of carbonyl (C=O) groups is 2. The summed E-state index contributed by atoms with van der Waals surface area (Å²) in [6, 6.07) is 17.8. The maximum atomic E-state index is 14.3. The number of amides is 3. The number of hydrogen-bond donors (Lipinski definition) is 3. The fourth-order valence-electron chi connectivity index (χ4n) is 5.77. The summed E-state index contributed by atoms with van der Waals surface area (Å²) in [4.78, 5) is 31.0. The highest BCUT2D eigenvalue weighted by Crippen LogP contribution is 2.31. The molecular weight excluding hydrogens is 637 g/mol. The van der Waals surface area contributed by atoms with E-state index in [0.29, 0.717) is 25.4 Å². The maximum Gasteiger partial charge on any atom is 0.416 e. The number of ether oxygens (including phenoxy) is 2. The average Bonchev–Trinajstić information content (AvgIpc) is 3.06. The Balaban J connectivity index is 1.57. The fourth-order valence-corrected chi connectivity index (χ4v) is 5.77. The summed E-state index contributed by atoms with van der Waals surface area (Å²) in [6.45, 7) is 7.74. The number of urea groups is 1. The lowest BCUT2D eigenvalue weighted by Crippen LogP contribution is -2.47. The van der Waals surface area contributed by atoms with Crippen molar-refractivity contribution in [3.05, 3.63) is 89.5 Å². The van der Waals surface area contributed by atoms with Crippen LogP contribution in [0.4, 0.5) is 29.3 Å². The number of halogens is 3. The zero-order valence-electron chi connectivity index (χ0n) is 28.5. The number of carbonyl (C=O) groups excluding carboxylic acids is 2. The molecule has 3 amide bonds. The van der Waals surface area contributed by atoms with Crippen LogP contribution in [0.2, 0.25) is 0 Å². The third kappa shape index (κ3) is 11.2. The van der Waals surface area contributed by atoms with Crippen molar-refractivity contribution in [1.82, 2.24) is 9.80 Å². The van der Waals surface area contributed by atoms with Gasteiger partial charge in [-0.25, -0.2) is 4.79 Å².